The summed E-state index contributed by atoms with van der Waals surface area (Å²) in [6, 6.07) is 22.9. The average molecular weight is 554 g/mol. The van der Waals surface area contributed by atoms with Crippen molar-refractivity contribution in [2.24, 2.45) is 5.92 Å². The Balaban J connectivity index is 1.41. The van der Waals surface area contributed by atoms with Gasteiger partial charge in [-0.25, -0.2) is 0 Å². The second-order valence-electron chi connectivity index (χ2n) is 9.79. The van der Waals surface area contributed by atoms with Gasteiger partial charge >= 0.3 is 0 Å². The maximum atomic E-state index is 13.6. The van der Waals surface area contributed by atoms with E-state index < -0.39 is 5.91 Å². The highest BCUT2D eigenvalue weighted by molar-refractivity contribution is 7.17. The first kappa shape index (κ1) is 27.1. The molecule has 204 valence electrons. The molecule has 0 saturated carbocycles. The predicted molar refractivity (Wildman–Crippen MR) is 160 cm³/mol. The van der Waals surface area contributed by atoms with Crippen molar-refractivity contribution >= 4 is 45.4 Å². The van der Waals surface area contributed by atoms with Crippen LogP contribution in [0.15, 0.2) is 78.9 Å². The predicted octanol–water partition coefficient (Wildman–Crippen LogP) is 7.03. The van der Waals surface area contributed by atoms with E-state index in [0.717, 1.165) is 35.5 Å². The minimum atomic E-state index is -0.397. The number of nitrogens with one attached hydrogen (secondary N) is 3. The van der Waals surface area contributed by atoms with E-state index >= 15 is 0 Å². The van der Waals surface area contributed by atoms with Crippen LogP contribution in [0.25, 0.3) is 0 Å². The van der Waals surface area contributed by atoms with Gasteiger partial charge in [0.1, 0.15) is 10.8 Å². The Morgan fingerprint density at radius 1 is 0.850 bits per heavy atom. The van der Waals surface area contributed by atoms with Gasteiger partial charge in [0.05, 0.1) is 23.4 Å². The maximum Gasteiger partial charge on any atom is 0.258 e. The summed E-state index contributed by atoms with van der Waals surface area (Å²) in [6.45, 7) is 4.68. The smallest absolute Gasteiger partial charge is 0.258 e. The molecule has 0 radical (unpaired) electrons. The molecule has 7 nitrogen and oxygen atoms in total. The molecule has 40 heavy (non-hydrogen) atoms. The Morgan fingerprint density at radius 2 is 1.57 bits per heavy atom. The number of hydrogen-bond acceptors (Lipinski definition) is 5. The SMILES string of the molecule is CCOc1ccc(NC(=O)c2c(NC(=O)c3ccccc3NC(=O)c3ccccc3)sc3c2CC[C@H](C)C3)cc1. The van der Waals surface area contributed by atoms with E-state index in [1.165, 1.54) is 11.3 Å². The number of thiophene rings is 1. The van der Waals surface area contributed by atoms with E-state index in [2.05, 4.69) is 22.9 Å². The molecule has 3 amide bonds. The molecule has 4 aromatic rings. The lowest BCUT2D eigenvalue weighted by molar-refractivity contribution is 0.101. The van der Waals surface area contributed by atoms with Gasteiger partial charge in [-0.05, 0) is 86.2 Å². The van der Waals surface area contributed by atoms with Gasteiger partial charge in [0.25, 0.3) is 17.7 Å². The molecule has 1 aliphatic rings. The summed E-state index contributed by atoms with van der Waals surface area (Å²) in [6.07, 6.45) is 2.62. The fourth-order valence-electron chi connectivity index (χ4n) is 4.82. The number of amides is 3. The highest BCUT2D eigenvalue weighted by Gasteiger charge is 2.29. The first-order chi connectivity index (χ1) is 19.4. The second kappa shape index (κ2) is 12.2. The van der Waals surface area contributed by atoms with Crippen LogP contribution in [0.2, 0.25) is 0 Å². The third-order valence-corrected chi connectivity index (χ3v) is 8.01. The molecule has 5 rings (SSSR count). The Bertz CT molecular complexity index is 1530. The van der Waals surface area contributed by atoms with Crippen LogP contribution < -0.4 is 20.7 Å². The summed E-state index contributed by atoms with van der Waals surface area (Å²) < 4.78 is 5.50. The first-order valence-electron chi connectivity index (χ1n) is 13.4. The normalized spacial score (nSPS) is 14.1. The molecule has 0 fully saturated rings. The number of carbonyl (C=O) groups excluding carboxylic acids is 3. The first-order valence-corrected chi connectivity index (χ1v) is 14.2. The van der Waals surface area contributed by atoms with Gasteiger partial charge in [0.2, 0.25) is 0 Å². The van der Waals surface area contributed by atoms with E-state index in [1.807, 2.05) is 25.1 Å². The summed E-state index contributed by atoms with van der Waals surface area (Å²) in [5.41, 5.74) is 3.33. The molecular weight excluding hydrogens is 522 g/mol. The van der Waals surface area contributed by atoms with Crippen molar-refractivity contribution in [2.45, 2.75) is 33.1 Å². The number of fused-ring (bicyclic) bond motifs is 1. The monoisotopic (exact) mass is 553 g/mol. The van der Waals surface area contributed by atoms with Gasteiger partial charge in [-0.3, -0.25) is 14.4 Å². The minimum absolute atomic E-state index is 0.267. The van der Waals surface area contributed by atoms with Crippen LogP contribution in [0.3, 0.4) is 0 Å². The lowest BCUT2D eigenvalue weighted by Gasteiger charge is -2.18. The van der Waals surface area contributed by atoms with Crippen molar-refractivity contribution < 1.29 is 19.1 Å². The molecule has 1 aliphatic carbocycles. The van der Waals surface area contributed by atoms with E-state index in [9.17, 15) is 14.4 Å². The molecule has 3 N–H and O–H groups in total. The van der Waals surface area contributed by atoms with Crippen molar-refractivity contribution in [3.8, 4) is 5.75 Å². The number of rotatable bonds is 8. The Morgan fingerprint density at radius 3 is 2.33 bits per heavy atom. The van der Waals surface area contributed by atoms with Crippen LogP contribution in [-0.4, -0.2) is 24.3 Å². The highest BCUT2D eigenvalue weighted by atomic mass is 32.1. The van der Waals surface area contributed by atoms with Crippen molar-refractivity contribution in [1.29, 1.82) is 0 Å². The molecule has 8 heteroatoms. The van der Waals surface area contributed by atoms with Gasteiger partial charge in [0.15, 0.2) is 0 Å². The quantitative estimate of drug-likeness (QED) is 0.218. The van der Waals surface area contributed by atoms with Crippen LogP contribution in [0.4, 0.5) is 16.4 Å². The van der Waals surface area contributed by atoms with E-state index in [4.69, 9.17) is 4.74 Å². The molecule has 0 unspecified atom stereocenters. The summed E-state index contributed by atoms with van der Waals surface area (Å²) in [4.78, 5) is 41.1. The zero-order chi connectivity index (χ0) is 28.1. The molecule has 0 spiro atoms. The summed E-state index contributed by atoms with van der Waals surface area (Å²) in [7, 11) is 0. The van der Waals surface area contributed by atoms with Gasteiger partial charge in [-0.15, -0.1) is 11.3 Å². The molecule has 0 saturated heterocycles. The number of carbonyl (C=O) groups is 3. The van der Waals surface area contributed by atoms with E-state index in [1.54, 1.807) is 60.7 Å². The van der Waals surface area contributed by atoms with Crippen molar-refractivity contribution in [3.63, 3.8) is 0 Å². The Hall–Kier alpha value is -4.43. The number of ether oxygens (including phenoxy) is 1. The molecular formula is C32H31N3O4S. The van der Waals surface area contributed by atoms with Crippen LogP contribution in [0.5, 0.6) is 5.75 Å². The zero-order valence-corrected chi connectivity index (χ0v) is 23.3. The largest absolute Gasteiger partial charge is 0.494 e. The van der Waals surface area contributed by atoms with Crippen molar-refractivity contribution in [3.05, 3.63) is 106 Å². The third-order valence-electron chi connectivity index (χ3n) is 6.84. The Labute approximate surface area is 237 Å². The maximum absolute atomic E-state index is 13.6. The highest BCUT2D eigenvalue weighted by Crippen LogP contribution is 2.40. The van der Waals surface area contributed by atoms with Crippen LogP contribution in [-0.2, 0) is 12.8 Å². The standard InChI is InChI=1S/C32H31N3O4S/c1-3-39-23-16-14-22(15-17-23)33-31(38)28-25-18-13-20(2)19-27(25)40-32(28)35-30(37)24-11-7-8-12-26(24)34-29(36)21-9-5-4-6-10-21/h4-12,14-17,20H,3,13,18-19H2,1-2H3,(H,33,38)(H,34,36)(H,35,37)/t20-/m0/s1. The fourth-order valence-corrected chi connectivity index (χ4v) is 6.22. The zero-order valence-electron chi connectivity index (χ0n) is 22.5. The minimum Gasteiger partial charge on any atom is -0.494 e. The lowest BCUT2D eigenvalue weighted by Crippen LogP contribution is -2.21. The van der Waals surface area contributed by atoms with Gasteiger partial charge in [-0.2, -0.15) is 0 Å². The molecule has 3 aromatic carbocycles. The number of para-hydroxylation sites is 1. The van der Waals surface area contributed by atoms with Crippen molar-refractivity contribution in [1.82, 2.24) is 0 Å². The number of benzene rings is 3. The topological polar surface area (TPSA) is 96.5 Å². The second-order valence-corrected chi connectivity index (χ2v) is 10.9. The summed E-state index contributed by atoms with van der Waals surface area (Å²) in [5, 5.41) is 9.34. The molecule has 0 aliphatic heterocycles. The van der Waals surface area contributed by atoms with Crippen molar-refractivity contribution in [2.75, 3.05) is 22.6 Å². The molecule has 0 bridgehead atoms. The average Bonchev–Trinajstić information content (AvgIpc) is 3.31. The van der Waals surface area contributed by atoms with Crippen LogP contribution >= 0.6 is 11.3 Å². The summed E-state index contributed by atoms with van der Waals surface area (Å²) in [5.74, 6) is 0.263. The molecule has 1 aromatic heterocycles. The van der Waals surface area contributed by atoms with Crippen LogP contribution in [0, 0.1) is 5.92 Å². The van der Waals surface area contributed by atoms with Crippen LogP contribution in [0.1, 0.15) is 61.8 Å². The number of anilines is 3. The van der Waals surface area contributed by atoms with E-state index in [-0.39, 0.29) is 11.8 Å². The Kier molecular flexibility index (Phi) is 8.26. The van der Waals surface area contributed by atoms with E-state index in [0.29, 0.717) is 45.6 Å². The lowest BCUT2D eigenvalue weighted by atomic mass is 9.88. The number of hydrogen-bond donors (Lipinski definition) is 3. The van der Waals surface area contributed by atoms with Gasteiger partial charge in [-0.1, -0.05) is 37.3 Å². The third kappa shape index (κ3) is 6.07. The van der Waals surface area contributed by atoms with Gasteiger partial charge < -0.3 is 20.7 Å². The summed E-state index contributed by atoms with van der Waals surface area (Å²) >= 11 is 1.45. The fraction of sp³-hybridized carbons (Fsp3) is 0.219. The van der Waals surface area contributed by atoms with Gasteiger partial charge in [0, 0.05) is 16.1 Å². The molecule has 1 atom stereocenters. The molecule has 1 heterocycles.